The molecule has 27 heavy (non-hydrogen) atoms. The van der Waals surface area contributed by atoms with Gasteiger partial charge in [-0.15, -0.1) is 10.2 Å². The molecule has 1 N–H and O–H groups in total. The molecule has 0 bridgehead atoms. The summed E-state index contributed by atoms with van der Waals surface area (Å²) in [7, 11) is 0. The van der Waals surface area contributed by atoms with Gasteiger partial charge in [-0.1, -0.05) is 6.07 Å². The molecule has 2 unspecified atom stereocenters. The van der Waals surface area contributed by atoms with Crippen LogP contribution in [0.2, 0.25) is 0 Å². The number of halogens is 2. The average molecular weight is 372 g/mol. The second-order valence-corrected chi connectivity index (χ2v) is 6.57. The summed E-state index contributed by atoms with van der Waals surface area (Å²) in [6.07, 6.45) is 2.31. The van der Waals surface area contributed by atoms with Crippen molar-refractivity contribution in [3.05, 3.63) is 59.6 Å². The number of nitrogens with one attached hydrogen (secondary N) is 1. The Hall–Kier alpha value is -3.10. The zero-order valence-corrected chi connectivity index (χ0v) is 14.6. The fourth-order valence-electron chi connectivity index (χ4n) is 3.57. The molecule has 0 aliphatic carbocycles. The van der Waals surface area contributed by atoms with Gasteiger partial charge in [0.1, 0.15) is 0 Å². The molecule has 4 rings (SSSR count). The number of benzene rings is 1. The first kappa shape index (κ1) is 17.3. The molecule has 1 aromatic carbocycles. The fraction of sp³-hybridized carbons (Fsp3) is 0.333. The van der Waals surface area contributed by atoms with Crippen LogP contribution >= 0.6 is 0 Å². The number of carbonyl (C=O) groups excluding carboxylic acids is 1. The van der Waals surface area contributed by atoms with E-state index < -0.39 is 11.6 Å². The van der Waals surface area contributed by atoms with Crippen LogP contribution < -0.4 is 5.32 Å². The van der Waals surface area contributed by atoms with Crippen molar-refractivity contribution in [2.24, 2.45) is 0 Å². The number of hydrogen-bond donors (Lipinski definition) is 1. The molecular formula is C18H18F2N6O. The molecule has 1 aliphatic heterocycles. The minimum absolute atomic E-state index is 0.0403. The van der Waals surface area contributed by atoms with Crippen molar-refractivity contribution in [3.8, 4) is 0 Å². The van der Waals surface area contributed by atoms with Crippen LogP contribution in [-0.4, -0.2) is 43.3 Å². The first-order chi connectivity index (χ1) is 13.0. The SMILES string of the molecule is CC1C(c2ccc(F)c(F)c2)CCN1C(=O)NCc1nnc2cccnn12. The number of amides is 2. The predicted molar refractivity (Wildman–Crippen MR) is 92.9 cm³/mol. The number of aromatic nitrogens is 4. The minimum atomic E-state index is -0.867. The van der Waals surface area contributed by atoms with E-state index in [4.69, 9.17) is 0 Å². The molecule has 0 saturated carbocycles. The lowest BCUT2D eigenvalue weighted by Crippen LogP contribution is -2.42. The van der Waals surface area contributed by atoms with Crippen LogP contribution in [0.25, 0.3) is 5.65 Å². The molecule has 9 heteroatoms. The second-order valence-electron chi connectivity index (χ2n) is 6.57. The molecule has 0 spiro atoms. The highest BCUT2D eigenvalue weighted by Gasteiger charge is 2.35. The van der Waals surface area contributed by atoms with Crippen molar-refractivity contribution in [2.45, 2.75) is 31.8 Å². The van der Waals surface area contributed by atoms with Gasteiger partial charge in [0, 0.05) is 24.7 Å². The maximum Gasteiger partial charge on any atom is 0.318 e. The monoisotopic (exact) mass is 372 g/mol. The molecule has 2 atom stereocenters. The van der Waals surface area contributed by atoms with Crippen LogP contribution in [0.3, 0.4) is 0 Å². The van der Waals surface area contributed by atoms with E-state index >= 15 is 0 Å². The topological polar surface area (TPSA) is 75.4 Å². The van der Waals surface area contributed by atoms with Crippen molar-refractivity contribution in [1.82, 2.24) is 30.0 Å². The molecule has 3 heterocycles. The van der Waals surface area contributed by atoms with Crippen LogP contribution in [0.4, 0.5) is 13.6 Å². The number of rotatable bonds is 3. The van der Waals surface area contributed by atoms with E-state index in [0.717, 1.165) is 6.07 Å². The Morgan fingerprint density at radius 1 is 1.26 bits per heavy atom. The number of hydrogen-bond acceptors (Lipinski definition) is 4. The lowest BCUT2D eigenvalue weighted by atomic mass is 9.92. The summed E-state index contributed by atoms with van der Waals surface area (Å²) in [5.74, 6) is -1.24. The number of fused-ring (bicyclic) bond motifs is 1. The molecule has 140 valence electrons. The molecule has 0 radical (unpaired) electrons. The van der Waals surface area contributed by atoms with Crippen LogP contribution in [0.5, 0.6) is 0 Å². The summed E-state index contributed by atoms with van der Waals surface area (Å²) in [5, 5.41) is 15.0. The zero-order chi connectivity index (χ0) is 19.0. The predicted octanol–water partition coefficient (Wildman–Crippen LogP) is 2.49. The average Bonchev–Trinajstić information content (AvgIpc) is 3.26. The van der Waals surface area contributed by atoms with Gasteiger partial charge in [0.15, 0.2) is 23.1 Å². The Labute approximate surface area is 154 Å². The van der Waals surface area contributed by atoms with Crippen LogP contribution in [0, 0.1) is 11.6 Å². The number of nitrogens with zero attached hydrogens (tertiary/aromatic N) is 5. The largest absolute Gasteiger partial charge is 0.331 e. The minimum Gasteiger partial charge on any atom is -0.331 e. The highest BCUT2D eigenvalue weighted by atomic mass is 19.2. The van der Waals surface area contributed by atoms with Gasteiger partial charge >= 0.3 is 6.03 Å². The smallest absolute Gasteiger partial charge is 0.318 e. The first-order valence-corrected chi connectivity index (χ1v) is 8.69. The molecule has 2 amide bonds. The Balaban J connectivity index is 1.42. The van der Waals surface area contributed by atoms with Gasteiger partial charge in [-0.25, -0.2) is 13.6 Å². The van der Waals surface area contributed by atoms with Crippen molar-refractivity contribution >= 4 is 11.7 Å². The van der Waals surface area contributed by atoms with E-state index in [0.29, 0.717) is 30.0 Å². The Bertz CT molecular complexity index is 991. The molecule has 1 fully saturated rings. The van der Waals surface area contributed by atoms with Crippen molar-refractivity contribution in [1.29, 1.82) is 0 Å². The van der Waals surface area contributed by atoms with E-state index in [9.17, 15) is 13.6 Å². The molecule has 1 aliphatic rings. The van der Waals surface area contributed by atoms with Crippen LogP contribution in [0.15, 0.2) is 36.5 Å². The summed E-state index contributed by atoms with van der Waals surface area (Å²) >= 11 is 0. The maximum absolute atomic E-state index is 13.5. The quantitative estimate of drug-likeness (QED) is 0.767. The van der Waals surface area contributed by atoms with Gasteiger partial charge in [0.05, 0.1) is 6.54 Å². The van der Waals surface area contributed by atoms with Crippen LogP contribution in [-0.2, 0) is 6.54 Å². The second kappa shape index (κ2) is 6.90. The van der Waals surface area contributed by atoms with Crippen molar-refractivity contribution in [2.75, 3.05) is 6.54 Å². The third kappa shape index (κ3) is 3.20. The number of urea groups is 1. The molecule has 2 aromatic heterocycles. The maximum atomic E-state index is 13.5. The van der Waals surface area contributed by atoms with Gasteiger partial charge < -0.3 is 10.2 Å². The van der Waals surface area contributed by atoms with E-state index in [1.165, 1.54) is 6.07 Å². The third-order valence-corrected chi connectivity index (χ3v) is 5.03. The number of carbonyl (C=O) groups is 1. The van der Waals surface area contributed by atoms with E-state index in [1.54, 1.807) is 33.8 Å². The zero-order valence-electron chi connectivity index (χ0n) is 14.6. The van der Waals surface area contributed by atoms with Gasteiger partial charge in [-0.05, 0) is 43.2 Å². The molecule has 7 nitrogen and oxygen atoms in total. The third-order valence-electron chi connectivity index (χ3n) is 5.03. The lowest BCUT2D eigenvalue weighted by Gasteiger charge is -2.25. The van der Waals surface area contributed by atoms with E-state index in [1.807, 2.05) is 6.92 Å². The van der Waals surface area contributed by atoms with Crippen molar-refractivity contribution in [3.63, 3.8) is 0 Å². The summed E-state index contributed by atoms with van der Waals surface area (Å²) in [6.45, 7) is 2.64. The van der Waals surface area contributed by atoms with Gasteiger partial charge in [0.2, 0.25) is 0 Å². The Morgan fingerprint density at radius 3 is 2.93 bits per heavy atom. The molecule has 3 aromatic rings. The Kier molecular flexibility index (Phi) is 4.43. The normalized spacial score (nSPS) is 19.6. The van der Waals surface area contributed by atoms with E-state index in [-0.39, 0.29) is 24.5 Å². The standard InChI is InChI=1S/C18H18F2N6O/c1-11-13(12-4-5-14(19)15(20)9-12)6-8-25(11)18(27)21-10-17-24-23-16-3-2-7-22-26(16)17/h2-5,7,9,11,13H,6,8,10H2,1H3,(H,21,27). The molecule has 1 saturated heterocycles. The highest BCUT2D eigenvalue weighted by molar-refractivity contribution is 5.75. The molecular weight excluding hydrogens is 354 g/mol. The first-order valence-electron chi connectivity index (χ1n) is 8.69. The summed E-state index contributed by atoms with van der Waals surface area (Å²) < 4.78 is 28.3. The highest BCUT2D eigenvalue weighted by Crippen LogP contribution is 2.33. The van der Waals surface area contributed by atoms with Gasteiger partial charge in [-0.3, -0.25) is 0 Å². The van der Waals surface area contributed by atoms with Gasteiger partial charge in [-0.2, -0.15) is 9.61 Å². The Morgan fingerprint density at radius 2 is 2.11 bits per heavy atom. The summed E-state index contributed by atoms with van der Waals surface area (Å²) in [5.41, 5.74) is 1.30. The van der Waals surface area contributed by atoms with Gasteiger partial charge in [0.25, 0.3) is 0 Å². The number of likely N-dealkylation sites (tertiary alicyclic amines) is 1. The lowest BCUT2D eigenvalue weighted by molar-refractivity contribution is 0.193. The van der Waals surface area contributed by atoms with Crippen LogP contribution in [0.1, 0.15) is 30.7 Å². The van der Waals surface area contributed by atoms with E-state index in [2.05, 4.69) is 20.6 Å². The van der Waals surface area contributed by atoms with Crippen molar-refractivity contribution < 1.29 is 13.6 Å². The summed E-state index contributed by atoms with van der Waals surface area (Å²) in [4.78, 5) is 14.3. The fourth-order valence-corrected chi connectivity index (χ4v) is 3.57. The summed E-state index contributed by atoms with van der Waals surface area (Å²) in [6, 6.07) is 7.09.